The Morgan fingerprint density at radius 3 is 2.29 bits per heavy atom. The van der Waals surface area contributed by atoms with Crippen molar-refractivity contribution in [2.45, 2.75) is 43.7 Å². The largest absolute Gasteiger partial charge is 0.371 e. The molecule has 35 heavy (non-hydrogen) atoms. The summed E-state index contributed by atoms with van der Waals surface area (Å²) in [7, 11) is -3.66. The van der Waals surface area contributed by atoms with Gasteiger partial charge in [0, 0.05) is 62.3 Å². The quantitative estimate of drug-likeness (QED) is 0.555. The van der Waals surface area contributed by atoms with E-state index in [1.54, 1.807) is 28.8 Å². The average molecular weight is 493 g/mol. The van der Waals surface area contributed by atoms with Gasteiger partial charge in [0.1, 0.15) is 0 Å². The van der Waals surface area contributed by atoms with Crippen LogP contribution in [0.4, 0.5) is 5.69 Å². The Morgan fingerprint density at radius 1 is 0.886 bits per heavy atom. The van der Waals surface area contributed by atoms with Crippen molar-refractivity contribution in [2.24, 2.45) is 5.92 Å². The highest BCUT2D eigenvalue weighted by molar-refractivity contribution is 7.89. The predicted molar refractivity (Wildman–Crippen MR) is 138 cm³/mol. The summed E-state index contributed by atoms with van der Waals surface area (Å²) in [6.45, 7) is 6.24. The summed E-state index contributed by atoms with van der Waals surface area (Å²) >= 11 is 0. The molecule has 8 heteroatoms. The van der Waals surface area contributed by atoms with E-state index >= 15 is 0 Å². The zero-order valence-corrected chi connectivity index (χ0v) is 21.1. The minimum absolute atomic E-state index is 0.0219. The van der Waals surface area contributed by atoms with Crippen molar-refractivity contribution in [3.05, 3.63) is 67.0 Å². The average Bonchev–Trinajstić information content (AvgIpc) is 2.89. The predicted octanol–water partition coefficient (Wildman–Crippen LogP) is 3.76. The molecule has 5 rings (SSSR count). The van der Waals surface area contributed by atoms with Gasteiger partial charge in [0.05, 0.1) is 4.90 Å². The van der Waals surface area contributed by atoms with E-state index in [-0.39, 0.29) is 23.9 Å². The molecule has 1 aromatic heterocycles. The lowest BCUT2D eigenvalue weighted by atomic mass is 9.93. The standard InChI is InChI=1S/C27H32N4O3S/c1-20-19-31(35(33,34)26-8-7-22-5-3-4-6-24(22)17-26)21(2)18-30(20)27(32)23-11-15-29(16-12-23)25-9-13-28-14-10-25/h3-10,13-14,17,20-21,23H,11-12,15-16,18-19H2,1-2H3. The van der Waals surface area contributed by atoms with E-state index in [4.69, 9.17) is 0 Å². The van der Waals surface area contributed by atoms with Crippen molar-refractivity contribution in [1.29, 1.82) is 0 Å². The lowest BCUT2D eigenvalue weighted by molar-refractivity contribution is -0.141. The molecule has 3 aromatic rings. The highest BCUT2D eigenvalue weighted by atomic mass is 32.2. The SMILES string of the molecule is CC1CN(S(=O)(=O)c2ccc3ccccc3c2)C(C)CN1C(=O)C1CCN(c2ccncc2)CC1. The van der Waals surface area contributed by atoms with Crippen molar-refractivity contribution in [3.63, 3.8) is 0 Å². The third-order valence-corrected chi connectivity index (χ3v) is 9.39. The van der Waals surface area contributed by atoms with Crippen molar-refractivity contribution in [2.75, 3.05) is 31.1 Å². The number of hydrogen-bond acceptors (Lipinski definition) is 5. The molecular formula is C27H32N4O3S. The van der Waals surface area contributed by atoms with E-state index in [1.807, 2.05) is 61.2 Å². The number of piperidine rings is 1. The molecule has 2 atom stereocenters. The van der Waals surface area contributed by atoms with Gasteiger partial charge in [-0.05, 0) is 61.7 Å². The van der Waals surface area contributed by atoms with Crippen LogP contribution in [0, 0.1) is 5.92 Å². The number of pyridine rings is 1. The van der Waals surface area contributed by atoms with Gasteiger partial charge in [-0.2, -0.15) is 4.31 Å². The van der Waals surface area contributed by atoms with Crippen molar-refractivity contribution >= 4 is 32.4 Å². The summed E-state index contributed by atoms with van der Waals surface area (Å²) < 4.78 is 28.7. The molecule has 2 aliphatic heterocycles. The van der Waals surface area contributed by atoms with E-state index < -0.39 is 10.0 Å². The van der Waals surface area contributed by atoms with Crippen LogP contribution in [0.5, 0.6) is 0 Å². The first-order valence-corrected chi connectivity index (χ1v) is 13.7. The summed E-state index contributed by atoms with van der Waals surface area (Å²) in [6, 6.07) is 16.6. The number of fused-ring (bicyclic) bond motifs is 1. The van der Waals surface area contributed by atoms with Gasteiger partial charge in [-0.3, -0.25) is 9.78 Å². The topological polar surface area (TPSA) is 73.8 Å². The number of piperazine rings is 1. The maximum absolute atomic E-state index is 13.5. The molecule has 3 heterocycles. The normalized spacial score (nSPS) is 22.5. The molecule has 0 spiro atoms. The Morgan fingerprint density at radius 2 is 1.57 bits per heavy atom. The maximum atomic E-state index is 13.5. The molecular weight excluding hydrogens is 460 g/mol. The van der Waals surface area contributed by atoms with E-state index in [0.717, 1.165) is 42.4 Å². The fraction of sp³-hybridized carbons (Fsp3) is 0.407. The van der Waals surface area contributed by atoms with Crippen LogP contribution < -0.4 is 4.90 Å². The number of carbonyl (C=O) groups excluding carboxylic acids is 1. The zero-order chi connectivity index (χ0) is 24.6. The van der Waals surface area contributed by atoms with Gasteiger partial charge < -0.3 is 9.80 Å². The Kier molecular flexibility index (Phi) is 6.51. The summed E-state index contributed by atoms with van der Waals surface area (Å²) in [4.78, 5) is 22.0. The highest BCUT2D eigenvalue weighted by Gasteiger charge is 2.40. The monoisotopic (exact) mass is 492 g/mol. The molecule has 0 aliphatic carbocycles. The molecule has 0 radical (unpaired) electrons. The first-order chi connectivity index (χ1) is 16.8. The number of rotatable bonds is 4. The molecule has 2 fully saturated rings. The van der Waals surface area contributed by atoms with Crippen LogP contribution in [0.2, 0.25) is 0 Å². The van der Waals surface area contributed by atoms with Crippen molar-refractivity contribution in [1.82, 2.24) is 14.2 Å². The molecule has 1 amide bonds. The van der Waals surface area contributed by atoms with Crippen LogP contribution in [0.1, 0.15) is 26.7 Å². The molecule has 2 aliphatic rings. The Hall–Kier alpha value is -2.97. The van der Waals surface area contributed by atoms with Gasteiger partial charge in [-0.1, -0.05) is 30.3 Å². The van der Waals surface area contributed by atoms with Crippen LogP contribution in [0.15, 0.2) is 71.9 Å². The Balaban J connectivity index is 1.26. The number of sulfonamides is 1. The Labute approximate surface area is 207 Å². The number of carbonyl (C=O) groups is 1. The van der Waals surface area contributed by atoms with E-state index in [1.165, 1.54) is 0 Å². The van der Waals surface area contributed by atoms with Gasteiger partial charge >= 0.3 is 0 Å². The first-order valence-electron chi connectivity index (χ1n) is 12.3. The van der Waals surface area contributed by atoms with Crippen molar-refractivity contribution < 1.29 is 13.2 Å². The summed E-state index contributed by atoms with van der Waals surface area (Å²) in [5.41, 5.74) is 1.14. The summed E-state index contributed by atoms with van der Waals surface area (Å²) in [5.74, 6) is 0.132. The molecule has 0 bridgehead atoms. The lowest BCUT2D eigenvalue weighted by Crippen LogP contribution is -2.60. The minimum atomic E-state index is -3.66. The number of aromatic nitrogens is 1. The summed E-state index contributed by atoms with van der Waals surface area (Å²) in [5, 5.41) is 1.92. The minimum Gasteiger partial charge on any atom is -0.371 e. The second-order valence-electron chi connectivity index (χ2n) is 9.74. The molecule has 2 aromatic carbocycles. The smallest absolute Gasteiger partial charge is 0.243 e. The number of amides is 1. The molecule has 184 valence electrons. The van der Waals surface area contributed by atoms with E-state index in [2.05, 4.69) is 9.88 Å². The van der Waals surface area contributed by atoms with Gasteiger partial charge in [-0.25, -0.2) is 8.42 Å². The van der Waals surface area contributed by atoms with Crippen molar-refractivity contribution in [3.8, 4) is 0 Å². The van der Waals surface area contributed by atoms with E-state index in [9.17, 15) is 13.2 Å². The zero-order valence-electron chi connectivity index (χ0n) is 20.2. The van der Waals surface area contributed by atoms with E-state index in [0.29, 0.717) is 18.0 Å². The molecule has 7 nitrogen and oxygen atoms in total. The molecule has 2 unspecified atom stereocenters. The molecule has 0 N–H and O–H groups in total. The second kappa shape index (κ2) is 9.59. The first kappa shape index (κ1) is 23.8. The number of hydrogen-bond donors (Lipinski definition) is 0. The molecule has 0 saturated carbocycles. The third kappa shape index (κ3) is 4.65. The number of nitrogens with zero attached hydrogens (tertiary/aromatic N) is 4. The molecule has 2 saturated heterocycles. The number of benzene rings is 2. The fourth-order valence-electron chi connectivity index (χ4n) is 5.37. The van der Waals surface area contributed by atoms with Gasteiger partial charge in [0.2, 0.25) is 15.9 Å². The van der Waals surface area contributed by atoms with Crippen LogP contribution in [-0.2, 0) is 14.8 Å². The number of anilines is 1. The van der Waals surface area contributed by atoms with Gasteiger partial charge in [0.15, 0.2) is 0 Å². The van der Waals surface area contributed by atoms with Gasteiger partial charge in [0.25, 0.3) is 0 Å². The summed E-state index contributed by atoms with van der Waals surface area (Å²) in [6.07, 6.45) is 5.19. The lowest BCUT2D eigenvalue weighted by Gasteiger charge is -2.45. The highest BCUT2D eigenvalue weighted by Crippen LogP contribution is 2.29. The van der Waals surface area contributed by atoms with Crippen LogP contribution in [-0.4, -0.2) is 66.8 Å². The maximum Gasteiger partial charge on any atom is 0.243 e. The van der Waals surface area contributed by atoms with Crippen LogP contribution >= 0.6 is 0 Å². The van der Waals surface area contributed by atoms with Crippen LogP contribution in [0.3, 0.4) is 0 Å². The fourth-order valence-corrected chi connectivity index (χ4v) is 7.11. The third-order valence-electron chi connectivity index (χ3n) is 7.41. The Bertz CT molecular complexity index is 1310. The van der Waals surface area contributed by atoms with Gasteiger partial charge in [-0.15, -0.1) is 0 Å². The second-order valence-corrected chi connectivity index (χ2v) is 11.6. The van der Waals surface area contributed by atoms with Crippen LogP contribution in [0.25, 0.3) is 10.8 Å².